The first-order valence-corrected chi connectivity index (χ1v) is 6.02. The van der Waals surface area contributed by atoms with E-state index in [1.165, 1.54) is 0 Å². The van der Waals surface area contributed by atoms with Crippen LogP contribution in [-0.2, 0) is 12.8 Å². The van der Waals surface area contributed by atoms with Crippen LogP contribution in [0.25, 0.3) is 11.3 Å². The maximum atomic E-state index is 5.17. The SMILES string of the molecule is c1ccc(-c2cnc(CCc3ncco3)nc2)nc1. The Balaban J connectivity index is 1.69. The number of hydrogen-bond acceptors (Lipinski definition) is 5. The van der Waals surface area contributed by atoms with Gasteiger partial charge in [0, 0.05) is 37.0 Å². The monoisotopic (exact) mass is 252 g/mol. The van der Waals surface area contributed by atoms with E-state index in [9.17, 15) is 0 Å². The number of aromatic nitrogens is 4. The summed E-state index contributed by atoms with van der Waals surface area (Å²) in [5.41, 5.74) is 1.79. The topological polar surface area (TPSA) is 64.7 Å². The summed E-state index contributed by atoms with van der Waals surface area (Å²) in [5, 5.41) is 0. The van der Waals surface area contributed by atoms with Crippen LogP contribution in [-0.4, -0.2) is 19.9 Å². The van der Waals surface area contributed by atoms with Gasteiger partial charge in [-0.25, -0.2) is 15.0 Å². The van der Waals surface area contributed by atoms with Gasteiger partial charge < -0.3 is 4.42 Å². The van der Waals surface area contributed by atoms with E-state index in [1.54, 1.807) is 31.1 Å². The van der Waals surface area contributed by atoms with Gasteiger partial charge >= 0.3 is 0 Å². The van der Waals surface area contributed by atoms with Crippen LogP contribution < -0.4 is 0 Å². The highest BCUT2D eigenvalue weighted by Gasteiger charge is 2.03. The largest absolute Gasteiger partial charge is 0.449 e. The average Bonchev–Trinajstić information content (AvgIpc) is 3.00. The smallest absolute Gasteiger partial charge is 0.194 e. The summed E-state index contributed by atoms with van der Waals surface area (Å²) in [6, 6.07) is 5.76. The highest BCUT2D eigenvalue weighted by molar-refractivity contribution is 5.55. The summed E-state index contributed by atoms with van der Waals surface area (Å²) in [7, 11) is 0. The summed E-state index contributed by atoms with van der Waals surface area (Å²) in [6.07, 6.45) is 9.96. The van der Waals surface area contributed by atoms with Gasteiger partial charge in [-0.05, 0) is 12.1 Å². The molecule has 19 heavy (non-hydrogen) atoms. The number of rotatable bonds is 4. The third-order valence-electron chi connectivity index (χ3n) is 2.71. The molecule has 3 heterocycles. The fourth-order valence-electron chi connectivity index (χ4n) is 1.74. The van der Waals surface area contributed by atoms with Crippen molar-refractivity contribution in [2.75, 3.05) is 0 Å². The van der Waals surface area contributed by atoms with Crippen LogP contribution in [0.4, 0.5) is 0 Å². The Kier molecular flexibility index (Phi) is 3.27. The van der Waals surface area contributed by atoms with Crippen molar-refractivity contribution in [1.29, 1.82) is 0 Å². The molecule has 0 fully saturated rings. The molecule has 0 bridgehead atoms. The molecule has 0 spiro atoms. The van der Waals surface area contributed by atoms with Crippen molar-refractivity contribution < 1.29 is 4.42 Å². The molecule has 0 aliphatic carbocycles. The van der Waals surface area contributed by atoms with Gasteiger partial charge in [0.25, 0.3) is 0 Å². The highest BCUT2D eigenvalue weighted by atomic mass is 16.3. The quantitative estimate of drug-likeness (QED) is 0.713. The van der Waals surface area contributed by atoms with Gasteiger partial charge in [-0.1, -0.05) is 6.07 Å². The lowest BCUT2D eigenvalue weighted by Crippen LogP contribution is -1.98. The molecule has 94 valence electrons. The number of hydrogen-bond donors (Lipinski definition) is 0. The van der Waals surface area contributed by atoms with Crippen molar-refractivity contribution in [3.63, 3.8) is 0 Å². The van der Waals surface area contributed by atoms with E-state index >= 15 is 0 Å². The van der Waals surface area contributed by atoms with E-state index in [4.69, 9.17) is 4.42 Å². The Morgan fingerprint density at radius 2 is 1.79 bits per heavy atom. The molecule has 5 heteroatoms. The molecule has 5 nitrogen and oxygen atoms in total. The Hall–Kier alpha value is -2.56. The van der Waals surface area contributed by atoms with Gasteiger partial charge in [-0.2, -0.15) is 0 Å². The van der Waals surface area contributed by atoms with E-state index in [1.807, 2.05) is 18.2 Å². The number of nitrogens with zero attached hydrogens (tertiary/aromatic N) is 4. The summed E-state index contributed by atoms with van der Waals surface area (Å²) in [5.74, 6) is 1.48. The predicted octanol–water partition coefficient (Wildman–Crippen LogP) is 2.31. The van der Waals surface area contributed by atoms with Crippen LogP contribution in [0.15, 0.2) is 53.7 Å². The van der Waals surface area contributed by atoms with Gasteiger partial charge in [-0.3, -0.25) is 4.98 Å². The summed E-state index contributed by atoms with van der Waals surface area (Å²) < 4.78 is 5.17. The minimum Gasteiger partial charge on any atom is -0.449 e. The second kappa shape index (κ2) is 5.39. The molecule has 3 rings (SSSR count). The van der Waals surface area contributed by atoms with Crippen molar-refractivity contribution in [1.82, 2.24) is 19.9 Å². The number of oxazole rings is 1. The zero-order valence-electron chi connectivity index (χ0n) is 10.2. The maximum Gasteiger partial charge on any atom is 0.194 e. The zero-order chi connectivity index (χ0) is 12.9. The van der Waals surface area contributed by atoms with Crippen LogP contribution in [0.3, 0.4) is 0 Å². The minimum absolute atomic E-state index is 0.704. The lowest BCUT2D eigenvalue weighted by Gasteiger charge is -2.01. The molecule has 3 aromatic heterocycles. The molecule has 0 aliphatic rings. The molecule has 0 radical (unpaired) electrons. The Morgan fingerprint density at radius 3 is 2.47 bits per heavy atom. The Morgan fingerprint density at radius 1 is 0.895 bits per heavy atom. The summed E-state index contributed by atoms with van der Waals surface area (Å²) >= 11 is 0. The predicted molar refractivity (Wildman–Crippen MR) is 69.2 cm³/mol. The molecule has 3 aromatic rings. The highest BCUT2D eigenvalue weighted by Crippen LogP contribution is 2.13. The fourth-order valence-corrected chi connectivity index (χ4v) is 1.74. The second-order valence-corrected chi connectivity index (χ2v) is 4.03. The van der Waals surface area contributed by atoms with Crippen LogP contribution in [0.2, 0.25) is 0 Å². The number of aryl methyl sites for hydroxylation is 2. The molecule has 0 unspecified atom stereocenters. The average molecular weight is 252 g/mol. The molecular formula is C14H12N4O. The van der Waals surface area contributed by atoms with Crippen LogP contribution in [0.5, 0.6) is 0 Å². The van der Waals surface area contributed by atoms with Gasteiger partial charge in [0.2, 0.25) is 0 Å². The first-order valence-electron chi connectivity index (χ1n) is 6.02. The third kappa shape index (κ3) is 2.82. The molecular weight excluding hydrogens is 240 g/mol. The molecule has 0 saturated heterocycles. The third-order valence-corrected chi connectivity index (χ3v) is 2.71. The van der Waals surface area contributed by atoms with Crippen molar-refractivity contribution in [2.45, 2.75) is 12.8 Å². The molecule has 0 aliphatic heterocycles. The van der Waals surface area contributed by atoms with Crippen molar-refractivity contribution in [2.24, 2.45) is 0 Å². The van der Waals surface area contributed by atoms with E-state index in [-0.39, 0.29) is 0 Å². The van der Waals surface area contributed by atoms with E-state index in [0.717, 1.165) is 17.1 Å². The molecule has 0 saturated carbocycles. The first-order chi connectivity index (χ1) is 9.42. The van der Waals surface area contributed by atoms with Crippen molar-refractivity contribution in [3.8, 4) is 11.3 Å². The first kappa shape index (κ1) is 11.5. The van der Waals surface area contributed by atoms with Gasteiger partial charge in [-0.15, -0.1) is 0 Å². The van der Waals surface area contributed by atoms with Crippen LogP contribution in [0, 0.1) is 0 Å². The summed E-state index contributed by atoms with van der Waals surface area (Å²) in [6.45, 7) is 0. The fraction of sp³-hybridized carbons (Fsp3) is 0.143. The van der Waals surface area contributed by atoms with Crippen LogP contribution in [0.1, 0.15) is 11.7 Å². The molecule has 0 amide bonds. The number of pyridine rings is 1. The van der Waals surface area contributed by atoms with Gasteiger partial charge in [0.05, 0.1) is 11.9 Å². The van der Waals surface area contributed by atoms with E-state index in [0.29, 0.717) is 18.7 Å². The minimum atomic E-state index is 0.704. The molecule has 0 N–H and O–H groups in total. The summed E-state index contributed by atoms with van der Waals surface area (Å²) in [4.78, 5) is 17.0. The van der Waals surface area contributed by atoms with E-state index < -0.39 is 0 Å². The lowest BCUT2D eigenvalue weighted by molar-refractivity contribution is 0.491. The van der Waals surface area contributed by atoms with Crippen LogP contribution >= 0.6 is 0 Å². The molecule has 0 atom stereocenters. The van der Waals surface area contributed by atoms with Gasteiger partial charge in [0.15, 0.2) is 5.89 Å². The molecule has 0 aromatic carbocycles. The van der Waals surface area contributed by atoms with Crippen molar-refractivity contribution >= 4 is 0 Å². The van der Waals surface area contributed by atoms with Crippen molar-refractivity contribution in [3.05, 3.63) is 61.0 Å². The van der Waals surface area contributed by atoms with E-state index in [2.05, 4.69) is 19.9 Å². The maximum absolute atomic E-state index is 5.17. The Bertz CT molecular complexity index is 620. The Labute approximate surface area is 110 Å². The lowest BCUT2D eigenvalue weighted by atomic mass is 10.2. The second-order valence-electron chi connectivity index (χ2n) is 4.03. The zero-order valence-corrected chi connectivity index (χ0v) is 10.2. The van der Waals surface area contributed by atoms with Gasteiger partial charge in [0.1, 0.15) is 12.1 Å². The standard InChI is InChI=1S/C14H12N4O/c1-2-6-15-12(3-1)11-9-17-13(18-10-11)4-5-14-16-7-8-19-14/h1-3,6-10H,4-5H2. The normalized spacial score (nSPS) is 10.5.